The molecule has 2 saturated heterocycles. The zero-order valence-electron chi connectivity index (χ0n) is 16.6. The molecular weight excluding hydrogens is 414 g/mol. The number of rotatable bonds is 3. The maximum atomic E-state index is 13.2. The molecule has 0 spiro atoms. The molecule has 1 unspecified atom stereocenters. The summed E-state index contributed by atoms with van der Waals surface area (Å²) in [6, 6.07) is 5.00. The van der Waals surface area contributed by atoms with Gasteiger partial charge in [-0.25, -0.2) is 4.79 Å². The maximum Gasteiger partial charge on any atom is 0.416 e. The summed E-state index contributed by atoms with van der Waals surface area (Å²) in [4.78, 5) is 38.4. The molecular formula is C20H24ClN3O4S. The number of nitrogens with zero attached hydrogens (tertiary/aromatic N) is 1. The Morgan fingerprint density at radius 2 is 2.10 bits per heavy atom. The van der Waals surface area contributed by atoms with E-state index in [1.165, 1.54) is 6.08 Å². The SMILES string of the molecule is CC(C)(C)N(C(=O)Oc1c(Cl)cccc1C=C1SC(=O)NC1=O)C1CCCNC1. The summed E-state index contributed by atoms with van der Waals surface area (Å²) in [6.07, 6.45) is 2.87. The second kappa shape index (κ2) is 8.77. The summed E-state index contributed by atoms with van der Waals surface area (Å²) < 4.78 is 5.75. The molecule has 156 valence electrons. The zero-order valence-corrected chi connectivity index (χ0v) is 18.2. The van der Waals surface area contributed by atoms with Gasteiger partial charge in [-0.15, -0.1) is 0 Å². The first kappa shape index (κ1) is 21.7. The molecule has 7 nitrogen and oxygen atoms in total. The van der Waals surface area contributed by atoms with Gasteiger partial charge in [0.2, 0.25) is 0 Å². The number of halogens is 1. The van der Waals surface area contributed by atoms with Crippen LogP contribution in [0.3, 0.4) is 0 Å². The fraction of sp³-hybridized carbons (Fsp3) is 0.450. The molecule has 2 aliphatic heterocycles. The van der Waals surface area contributed by atoms with Gasteiger partial charge in [0.05, 0.1) is 9.93 Å². The van der Waals surface area contributed by atoms with Gasteiger partial charge in [0.1, 0.15) is 0 Å². The van der Waals surface area contributed by atoms with Crippen molar-refractivity contribution in [2.24, 2.45) is 0 Å². The van der Waals surface area contributed by atoms with Crippen LogP contribution >= 0.6 is 23.4 Å². The van der Waals surface area contributed by atoms with Crippen molar-refractivity contribution in [3.05, 3.63) is 33.7 Å². The van der Waals surface area contributed by atoms with E-state index in [-0.39, 0.29) is 21.7 Å². The molecule has 0 bridgehead atoms. The van der Waals surface area contributed by atoms with E-state index in [1.807, 2.05) is 20.8 Å². The predicted molar refractivity (Wildman–Crippen MR) is 114 cm³/mol. The van der Waals surface area contributed by atoms with Crippen LogP contribution in [0.25, 0.3) is 6.08 Å². The summed E-state index contributed by atoms with van der Waals surface area (Å²) in [6.45, 7) is 7.52. The lowest BCUT2D eigenvalue weighted by atomic mass is 9.99. The molecule has 1 aromatic rings. The second-order valence-corrected chi connectivity index (χ2v) is 9.34. The van der Waals surface area contributed by atoms with Crippen molar-refractivity contribution >= 4 is 46.7 Å². The highest BCUT2D eigenvalue weighted by molar-refractivity contribution is 8.18. The molecule has 9 heteroatoms. The first-order chi connectivity index (χ1) is 13.7. The minimum Gasteiger partial charge on any atom is -0.408 e. The summed E-state index contributed by atoms with van der Waals surface area (Å²) in [5.74, 6) is -0.320. The zero-order chi connectivity index (χ0) is 21.2. The molecule has 1 atom stereocenters. The van der Waals surface area contributed by atoms with E-state index >= 15 is 0 Å². The number of para-hydroxylation sites is 1. The van der Waals surface area contributed by atoms with Crippen molar-refractivity contribution in [1.82, 2.24) is 15.5 Å². The number of carbonyl (C=O) groups is 3. The number of hydrogen-bond donors (Lipinski definition) is 2. The molecule has 3 amide bonds. The molecule has 2 fully saturated rings. The van der Waals surface area contributed by atoms with E-state index in [9.17, 15) is 14.4 Å². The van der Waals surface area contributed by atoms with Crippen molar-refractivity contribution in [3.8, 4) is 5.75 Å². The highest BCUT2D eigenvalue weighted by Crippen LogP contribution is 2.35. The van der Waals surface area contributed by atoms with Crippen molar-refractivity contribution < 1.29 is 19.1 Å². The maximum absolute atomic E-state index is 13.2. The average Bonchev–Trinajstić information content (AvgIpc) is 2.95. The lowest BCUT2D eigenvalue weighted by Gasteiger charge is -2.42. The smallest absolute Gasteiger partial charge is 0.408 e. The molecule has 2 heterocycles. The molecule has 0 aliphatic carbocycles. The third kappa shape index (κ3) is 5.12. The molecule has 1 aromatic carbocycles. The molecule has 29 heavy (non-hydrogen) atoms. The highest BCUT2D eigenvalue weighted by Gasteiger charge is 2.36. The Morgan fingerprint density at radius 3 is 2.69 bits per heavy atom. The fourth-order valence-corrected chi connectivity index (χ4v) is 4.36. The second-order valence-electron chi connectivity index (χ2n) is 7.92. The van der Waals surface area contributed by atoms with E-state index in [0.29, 0.717) is 12.1 Å². The third-order valence-corrected chi connectivity index (χ3v) is 5.78. The normalized spacial score (nSPS) is 21.2. The lowest BCUT2D eigenvalue weighted by molar-refractivity contribution is -0.115. The van der Waals surface area contributed by atoms with E-state index < -0.39 is 22.8 Å². The Hall–Kier alpha value is -2.03. The standard InChI is InChI=1S/C20H24ClN3O4S/c1-20(2,3)24(13-7-5-9-22-11-13)19(27)28-16-12(6-4-8-14(16)21)10-15-17(25)23-18(26)29-15/h4,6,8,10,13,22H,5,7,9,11H2,1-3H3,(H,23,25,26). The summed E-state index contributed by atoms with van der Waals surface area (Å²) in [5.41, 5.74) is 0.00248. The minimum absolute atomic E-state index is 0.00864. The average molecular weight is 438 g/mol. The van der Waals surface area contributed by atoms with Gasteiger partial charge >= 0.3 is 6.09 Å². The number of amides is 3. The van der Waals surface area contributed by atoms with Gasteiger partial charge in [-0.3, -0.25) is 19.8 Å². The van der Waals surface area contributed by atoms with Crippen LogP contribution in [0.15, 0.2) is 23.1 Å². The predicted octanol–water partition coefficient (Wildman–Crippen LogP) is 4.02. The Balaban J connectivity index is 1.90. The van der Waals surface area contributed by atoms with Gasteiger partial charge in [0, 0.05) is 23.7 Å². The minimum atomic E-state index is -0.501. The number of benzene rings is 1. The number of nitrogens with one attached hydrogen (secondary N) is 2. The quantitative estimate of drug-likeness (QED) is 0.694. The van der Waals surface area contributed by atoms with Crippen LogP contribution < -0.4 is 15.4 Å². The highest BCUT2D eigenvalue weighted by atomic mass is 35.5. The van der Waals surface area contributed by atoms with Gasteiger partial charge in [0.15, 0.2) is 5.75 Å². The molecule has 0 radical (unpaired) electrons. The lowest BCUT2D eigenvalue weighted by Crippen LogP contribution is -2.57. The first-order valence-corrected chi connectivity index (χ1v) is 10.6. The van der Waals surface area contributed by atoms with Gasteiger partial charge in [-0.05, 0) is 64.1 Å². The Morgan fingerprint density at radius 1 is 1.34 bits per heavy atom. The van der Waals surface area contributed by atoms with Crippen LogP contribution in [0.1, 0.15) is 39.2 Å². The van der Waals surface area contributed by atoms with Gasteiger partial charge in [-0.2, -0.15) is 0 Å². The van der Waals surface area contributed by atoms with Crippen LogP contribution in [0.5, 0.6) is 5.75 Å². The number of imide groups is 1. The van der Waals surface area contributed by atoms with Crippen LogP contribution in [0, 0.1) is 0 Å². The Kier molecular flexibility index (Phi) is 6.55. The van der Waals surface area contributed by atoms with Crippen LogP contribution in [0.2, 0.25) is 5.02 Å². The summed E-state index contributed by atoms with van der Waals surface area (Å²) >= 11 is 7.11. The Bertz CT molecular complexity index is 860. The largest absolute Gasteiger partial charge is 0.416 e. The van der Waals surface area contributed by atoms with Crippen LogP contribution in [0.4, 0.5) is 9.59 Å². The van der Waals surface area contributed by atoms with Crippen molar-refractivity contribution in [2.45, 2.75) is 45.2 Å². The van der Waals surface area contributed by atoms with Gasteiger partial charge < -0.3 is 10.1 Å². The molecule has 0 aromatic heterocycles. The van der Waals surface area contributed by atoms with Gasteiger partial charge in [0.25, 0.3) is 11.1 Å². The van der Waals surface area contributed by atoms with Crippen molar-refractivity contribution in [1.29, 1.82) is 0 Å². The van der Waals surface area contributed by atoms with Crippen molar-refractivity contribution in [3.63, 3.8) is 0 Å². The topological polar surface area (TPSA) is 87.7 Å². The van der Waals surface area contributed by atoms with E-state index in [4.69, 9.17) is 16.3 Å². The van der Waals surface area contributed by atoms with Gasteiger partial charge in [-0.1, -0.05) is 23.7 Å². The fourth-order valence-electron chi connectivity index (χ4n) is 3.47. The number of carbonyl (C=O) groups excluding carboxylic acids is 3. The molecule has 2 N–H and O–H groups in total. The van der Waals surface area contributed by atoms with E-state index in [0.717, 1.165) is 31.1 Å². The van der Waals surface area contributed by atoms with Crippen LogP contribution in [-0.4, -0.2) is 46.8 Å². The van der Waals surface area contributed by atoms with Crippen molar-refractivity contribution in [2.75, 3.05) is 13.1 Å². The monoisotopic (exact) mass is 437 g/mol. The summed E-state index contributed by atoms with van der Waals surface area (Å²) in [7, 11) is 0. The summed E-state index contributed by atoms with van der Waals surface area (Å²) in [5, 5.41) is 5.33. The number of piperidine rings is 1. The number of thioether (sulfide) groups is 1. The molecule has 0 saturated carbocycles. The molecule has 3 rings (SSSR count). The number of ether oxygens (including phenoxy) is 1. The Labute approximate surface area is 179 Å². The van der Waals surface area contributed by atoms with E-state index in [1.54, 1.807) is 23.1 Å². The third-order valence-electron chi connectivity index (χ3n) is 4.67. The first-order valence-electron chi connectivity index (χ1n) is 9.42. The van der Waals surface area contributed by atoms with Crippen LogP contribution in [-0.2, 0) is 4.79 Å². The van der Waals surface area contributed by atoms with E-state index in [2.05, 4.69) is 10.6 Å². The molecule has 2 aliphatic rings. The number of hydrogen-bond acceptors (Lipinski definition) is 6.